The average Bonchev–Trinajstić information content (AvgIpc) is 3.36. The maximum atomic E-state index is 14.1. The van der Waals surface area contributed by atoms with Crippen molar-refractivity contribution in [3.05, 3.63) is 87.1 Å². The van der Waals surface area contributed by atoms with Gasteiger partial charge in [-0.3, -0.25) is 14.4 Å². The molecule has 0 unspecified atom stereocenters. The highest BCUT2D eigenvalue weighted by Crippen LogP contribution is 2.31. The average molecular weight is 558 g/mol. The topological polar surface area (TPSA) is 113 Å². The number of thiophene rings is 1. The lowest BCUT2D eigenvalue weighted by atomic mass is 9.97. The molecule has 39 heavy (non-hydrogen) atoms. The third-order valence-corrected chi connectivity index (χ3v) is 7.31. The fourth-order valence-electron chi connectivity index (χ4n) is 4.43. The quantitative estimate of drug-likeness (QED) is 0.258. The number of primary amides is 1. The molecule has 1 aromatic heterocycles. The van der Waals surface area contributed by atoms with Gasteiger partial charge in [0.25, 0.3) is 0 Å². The third-order valence-electron chi connectivity index (χ3n) is 6.30. The number of aryl methyl sites for hydroxylation is 1. The van der Waals surface area contributed by atoms with Crippen LogP contribution >= 0.6 is 11.3 Å². The molecule has 2 amide bonds. The molecule has 1 heterocycles. The molecule has 10 heteroatoms. The number of carbonyl (C=O) groups is 3. The van der Waals surface area contributed by atoms with Gasteiger partial charge in [0, 0.05) is 38.9 Å². The molecular formula is C29H33F2N3O4S. The lowest BCUT2D eigenvalue weighted by molar-refractivity contribution is -0.124. The van der Waals surface area contributed by atoms with Crippen molar-refractivity contribution in [3.8, 4) is 0 Å². The summed E-state index contributed by atoms with van der Waals surface area (Å²) in [5, 5.41) is 16.2. The van der Waals surface area contributed by atoms with E-state index in [1.165, 1.54) is 17.4 Å². The number of anilines is 1. The van der Waals surface area contributed by atoms with Crippen LogP contribution in [0.5, 0.6) is 0 Å². The fraction of sp³-hybridized carbons (Fsp3) is 0.345. The number of rotatable bonds is 14. The second-order valence-electron chi connectivity index (χ2n) is 9.34. The lowest BCUT2D eigenvalue weighted by Crippen LogP contribution is -2.52. The molecule has 208 valence electrons. The van der Waals surface area contributed by atoms with Crippen molar-refractivity contribution >= 4 is 34.6 Å². The van der Waals surface area contributed by atoms with Crippen LogP contribution in [0.1, 0.15) is 53.1 Å². The Morgan fingerprint density at radius 3 is 2.36 bits per heavy atom. The van der Waals surface area contributed by atoms with Crippen LogP contribution in [-0.2, 0) is 29.0 Å². The van der Waals surface area contributed by atoms with Crippen LogP contribution in [0.25, 0.3) is 0 Å². The summed E-state index contributed by atoms with van der Waals surface area (Å²) in [5.74, 6) is -3.10. The zero-order chi connectivity index (χ0) is 28.5. The Kier molecular flexibility index (Phi) is 10.8. The number of nitrogens with two attached hydrogens (primary N) is 1. The first-order chi connectivity index (χ1) is 18.6. The number of carbonyl (C=O) groups excluding carboxylic acids is 3. The Morgan fingerprint density at radius 1 is 1.03 bits per heavy atom. The number of benzene rings is 2. The van der Waals surface area contributed by atoms with Crippen molar-refractivity contribution in [2.45, 2.75) is 58.2 Å². The van der Waals surface area contributed by atoms with Gasteiger partial charge in [-0.25, -0.2) is 8.78 Å². The molecule has 2 aromatic carbocycles. The predicted molar refractivity (Wildman–Crippen MR) is 148 cm³/mol. The number of aliphatic hydroxyl groups excluding tert-OH is 1. The Labute approximate surface area is 230 Å². The van der Waals surface area contributed by atoms with Crippen molar-refractivity contribution in [2.75, 3.05) is 11.4 Å². The first-order valence-electron chi connectivity index (χ1n) is 12.7. The van der Waals surface area contributed by atoms with Gasteiger partial charge in [-0.05, 0) is 53.1 Å². The highest BCUT2D eigenvalue weighted by Gasteiger charge is 2.34. The van der Waals surface area contributed by atoms with E-state index in [4.69, 9.17) is 5.73 Å². The van der Waals surface area contributed by atoms with Crippen LogP contribution in [0.3, 0.4) is 0 Å². The molecule has 7 nitrogen and oxygen atoms in total. The lowest BCUT2D eigenvalue weighted by Gasteiger charge is -2.35. The Hall–Kier alpha value is -3.47. The molecule has 0 bridgehead atoms. The molecule has 3 rings (SSSR count). The summed E-state index contributed by atoms with van der Waals surface area (Å²) < 4.78 is 28.1. The molecule has 4 N–H and O–H groups in total. The number of amides is 2. The number of nitrogens with zero attached hydrogens (tertiary/aromatic N) is 1. The van der Waals surface area contributed by atoms with Gasteiger partial charge in [0.1, 0.15) is 11.6 Å². The van der Waals surface area contributed by atoms with E-state index >= 15 is 0 Å². The minimum atomic E-state index is -1.21. The van der Waals surface area contributed by atoms with E-state index in [2.05, 4.69) is 18.3 Å². The summed E-state index contributed by atoms with van der Waals surface area (Å²) in [6, 6.07) is 11.6. The summed E-state index contributed by atoms with van der Waals surface area (Å²) >= 11 is 1.13. The fourth-order valence-corrected chi connectivity index (χ4v) is 5.22. The number of hydrogen-bond acceptors (Lipinski definition) is 6. The van der Waals surface area contributed by atoms with E-state index in [1.807, 2.05) is 18.2 Å². The summed E-state index contributed by atoms with van der Waals surface area (Å²) in [7, 11) is 0. The normalized spacial score (nSPS) is 12.6. The molecule has 0 saturated carbocycles. The highest BCUT2D eigenvalue weighted by atomic mass is 32.1. The first-order valence-corrected chi connectivity index (χ1v) is 13.6. The molecule has 0 radical (unpaired) electrons. The summed E-state index contributed by atoms with van der Waals surface area (Å²) in [6.45, 7) is 3.90. The molecule has 0 saturated heterocycles. The monoisotopic (exact) mass is 557 g/mol. The van der Waals surface area contributed by atoms with E-state index in [1.54, 1.807) is 11.4 Å². The van der Waals surface area contributed by atoms with Gasteiger partial charge in [0.2, 0.25) is 11.8 Å². The van der Waals surface area contributed by atoms with Crippen molar-refractivity contribution in [3.63, 3.8) is 0 Å². The minimum Gasteiger partial charge on any atom is -0.390 e. The number of halogens is 2. The summed E-state index contributed by atoms with van der Waals surface area (Å²) in [5.41, 5.74) is 7.93. The molecular weight excluding hydrogens is 524 g/mol. The van der Waals surface area contributed by atoms with Crippen LogP contribution in [0, 0.1) is 11.6 Å². The van der Waals surface area contributed by atoms with E-state index in [0.717, 1.165) is 41.5 Å². The van der Waals surface area contributed by atoms with Crippen LogP contribution in [0.15, 0.2) is 53.9 Å². The molecule has 0 aliphatic rings. The largest absolute Gasteiger partial charge is 0.390 e. The third kappa shape index (κ3) is 8.51. The van der Waals surface area contributed by atoms with Crippen LogP contribution < -0.4 is 16.0 Å². The molecule has 0 spiro atoms. The Bertz CT molecular complexity index is 1290. The number of aliphatic hydroxyl groups is 1. The first kappa shape index (κ1) is 30.1. The second kappa shape index (κ2) is 14.1. The van der Waals surface area contributed by atoms with Gasteiger partial charge < -0.3 is 21.1 Å². The molecule has 3 aromatic rings. The zero-order valence-corrected chi connectivity index (χ0v) is 22.8. The second-order valence-corrected chi connectivity index (χ2v) is 10.3. The SMILES string of the molecule is CCc1cccc(CNC[C@@H](O)[C@H](Cc2cc(F)cc(F)c2)N(C(=O)CCC(N)=O)c2ccsc2C(C)=O)c1. The smallest absolute Gasteiger partial charge is 0.227 e. The minimum absolute atomic E-state index is 0.0396. The van der Waals surface area contributed by atoms with E-state index in [0.29, 0.717) is 6.54 Å². The molecule has 0 aliphatic carbocycles. The van der Waals surface area contributed by atoms with Gasteiger partial charge in [0.05, 0.1) is 22.7 Å². The van der Waals surface area contributed by atoms with Crippen molar-refractivity contribution in [1.29, 1.82) is 0 Å². The van der Waals surface area contributed by atoms with Gasteiger partial charge in [-0.2, -0.15) is 0 Å². The van der Waals surface area contributed by atoms with Crippen LogP contribution in [0.2, 0.25) is 0 Å². The predicted octanol–water partition coefficient (Wildman–Crippen LogP) is 4.15. The standard InChI is InChI=1S/C29H33F2N3O4S/c1-3-19-5-4-6-20(11-19)16-33-17-26(36)25(14-21-12-22(30)15-23(31)13-21)34(28(38)8-7-27(32)37)24-9-10-39-29(24)18(2)35/h4-6,9-13,15,25-26,33,36H,3,7-8,14,16-17H2,1-2H3,(H2,32,37)/t25-,26+/m0/s1. The Balaban J connectivity index is 1.96. The molecule has 0 fully saturated rings. The van der Waals surface area contributed by atoms with Crippen molar-refractivity contribution in [2.24, 2.45) is 5.73 Å². The number of Topliss-reactive ketones (excluding diaryl/α,β-unsaturated/α-hetero) is 1. The molecule has 0 aliphatic heterocycles. The highest BCUT2D eigenvalue weighted by molar-refractivity contribution is 7.12. The van der Waals surface area contributed by atoms with E-state index in [-0.39, 0.29) is 47.7 Å². The van der Waals surface area contributed by atoms with Gasteiger partial charge in [-0.15, -0.1) is 11.3 Å². The van der Waals surface area contributed by atoms with E-state index in [9.17, 15) is 28.3 Å². The van der Waals surface area contributed by atoms with Crippen molar-refractivity contribution in [1.82, 2.24) is 5.32 Å². The van der Waals surface area contributed by atoms with Crippen LogP contribution in [-0.4, -0.2) is 41.4 Å². The number of ketones is 1. The summed E-state index contributed by atoms with van der Waals surface area (Å²) in [4.78, 5) is 38.8. The van der Waals surface area contributed by atoms with Crippen molar-refractivity contribution < 1.29 is 28.3 Å². The van der Waals surface area contributed by atoms with Gasteiger partial charge in [0.15, 0.2) is 5.78 Å². The maximum absolute atomic E-state index is 14.1. The van der Waals surface area contributed by atoms with Crippen LogP contribution in [0.4, 0.5) is 14.5 Å². The number of hydrogen-bond donors (Lipinski definition) is 3. The molecule has 2 atom stereocenters. The Morgan fingerprint density at radius 2 is 1.72 bits per heavy atom. The summed E-state index contributed by atoms with van der Waals surface area (Å²) in [6.07, 6.45) is -0.940. The maximum Gasteiger partial charge on any atom is 0.227 e. The van der Waals surface area contributed by atoms with Gasteiger partial charge >= 0.3 is 0 Å². The number of nitrogens with one attached hydrogen (secondary N) is 1. The van der Waals surface area contributed by atoms with Gasteiger partial charge in [-0.1, -0.05) is 31.2 Å². The zero-order valence-electron chi connectivity index (χ0n) is 22.0. The van der Waals surface area contributed by atoms with E-state index < -0.39 is 35.6 Å².